The topological polar surface area (TPSA) is 42.0 Å². The molecule has 2 aromatic rings. The van der Waals surface area contributed by atoms with E-state index in [1.54, 1.807) is 0 Å². The van der Waals surface area contributed by atoms with Crippen molar-refractivity contribution in [1.82, 2.24) is 9.80 Å². The maximum Gasteiger partial charge on any atom is 0.185 e. The van der Waals surface area contributed by atoms with E-state index in [0.29, 0.717) is 5.92 Å². The zero-order valence-corrected chi connectivity index (χ0v) is 27.2. The molecular formula is C41H46N2O3. The molecule has 1 saturated carbocycles. The zero-order chi connectivity index (χ0) is 31.3. The van der Waals surface area contributed by atoms with Crippen LogP contribution in [0.15, 0.2) is 118 Å². The Hall–Kier alpha value is -3.93. The number of morpholine rings is 2. The van der Waals surface area contributed by atoms with Crippen LogP contribution in [0.5, 0.6) is 0 Å². The molecule has 5 aliphatic rings. The summed E-state index contributed by atoms with van der Waals surface area (Å²) in [5.74, 6) is 0.665. The smallest absolute Gasteiger partial charge is 0.185 e. The maximum atomic E-state index is 14.3. The number of benzene rings is 2. The summed E-state index contributed by atoms with van der Waals surface area (Å²) in [4.78, 5) is 19.3. The van der Waals surface area contributed by atoms with Gasteiger partial charge < -0.3 is 19.3 Å². The highest BCUT2D eigenvalue weighted by atomic mass is 16.5. The van der Waals surface area contributed by atoms with Gasteiger partial charge in [-0.15, -0.1) is 0 Å². The van der Waals surface area contributed by atoms with Crippen molar-refractivity contribution in [3.63, 3.8) is 0 Å². The molecule has 3 aliphatic carbocycles. The minimum Gasteiger partial charge on any atom is -0.378 e. The minimum absolute atomic E-state index is 0.238. The molecule has 0 amide bonds. The number of allylic oxidation sites excluding steroid dienone is 8. The molecule has 238 valence electrons. The maximum absolute atomic E-state index is 14.3. The lowest BCUT2D eigenvalue weighted by atomic mass is 9.80. The fourth-order valence-electron chi connectivity index (χ4n) is 7.76. The minimum atomic E-state index is 0.238. The van der Waals surface area contributed by atoms with Gasteiger partial charge in [-0.05, 0) is 102 Å². The van der Waals surface area contributed by atoms with Gasteiger partial charge in [-0.1, -0.05) is 67.6 Å². The van der Waals surface area contributed by atoms with Crippen molar-refractivity contribution in [1.29, 1.82) is 0 Å². The molecule has 2 aromatic carbocycles. The molecule has 0 N–H and O–H groups in total. The number of hydrogen-bond donors (Lipinski definition) is 0. The van der Waals surface area contributed by atoms with Crippen LogP contribution in [0, 0.1) is 5.92 Å². The molecule has 0 radical (unpaired) electrons. The van der Waals surface area contributed by atoms with Crippen LogP contribution >= 0.6 is 0 Å². The first-order valence-corrected chi connectivity index (χ1v) is 17.2. The Morgan fingerprint density at radius 2 is 0.978 bits per heavy atom. The Morgan fingerprint density at radius 3 is 1.39 bits per heavy atom. The third-order valence-corrected chi connectivity index (χ3v) is 9.90. The monoisotopic (exact) mass is 614 g/mol. The van der Waals surface area contributed by atoms with Gasteiger partial charge >= 0.3 is 0 Å². The van der Waals surface area contributed by atoms with Gasteiger partial charge in [0.15, 0.2) is 5.78 Å². The molecule has 5 heteroatoms. The molecule has 0 spiro atoms. The standard InChI is InChI=1S/C41H46N2O3/c1-30-24-37(28-35-14-12-33(26-31-8-4-2-5-9-31)39(35)42-16-20-45-21-17-42)41(44)38(25-30)29-36-15-13-34(27-32-10-6-3-7-11-32)40(36)43-18-22-46-23-19-43/h2-11,26-30H,12-25H2,1H3/b33-26-,34-27-,37-28-,38-29+. The quantitative estimate of drug-likeness (QED) is 0.311. The van der Waals surface area contributed by atoms with Crippen LogP contribution in [0.1, 0.15) is 56.6 Å². The summed E-state index contributed by atoms with van der Waals surface area (Å²) in [6.07, 6.45) is 14.8. The predicted molar refractivity (Wildman–Crippen MR) is 186 cm³/mol. The van der Waals surface area contributed by atoms with Crippen LogP contribution in [0.25, 0.3) is 12.2 Å². The van der Waals surface area contributed by atoms with Gasteiger partial charge in [0.1, 0.15) is 0 Å². The highest BCUT2D eigenvalue weighted by Crippen LogP contribution is 2.41. The van der Waals surface area contributed by atoms with E-state index in [2.05, 4.69) is 102 Å². The first-order chi connectivity index (χ1) is 22.6. The number of rotatable bonds is 6. The molecule has 0 aromatic heterocycles. The molecule has 2 saturated heterocycles. The summed E-state index contributed by atoms with van der Waals surface area (Å²) < 4.78 is 11.4. The number of carbonyl (C=O) groups excluding carboxylic acids is 1. The summed E-state index contributed by atoms with van der Waals surface area (Å²) in [7, 11) is 0. The molecule has 7 rings (SSSR count). The van der Waals surface area contributed by atoms with E-state index < -0.39 is 0 Å². The van der Waals surface area contributed by atoms with Gasteiger partial charge in [-0.3, -0.25) is 4.79 Å². The van der Waals surface area contributed by atoms with Crippen molar-refractivity contribution in [3.8, 4) is 0 Å². The van der Waals surface area contributed by atoms with Gasteiger partial charge in [0.25, 0.3) is 0 Å². The Bertz CT molecular complexity index is 1490. The molecule has 2 aliphatic heterocycles. The summed E-state index contributed by atoms with van der Waals surface area (Å²) in [6, 6.07) is 21.2. The summed E-state index contributed by atoms with van der Waals surface area (Å²) in [5, 5.41) is 0. The molecular weight excluding hydrogens is 568 g/mol. The zero-order valence-electron chi connectivity index (χ0n) is 27.2. The number of carbonyl (C=O) groups is 1. The highest BCUT2D eigenvalue weighted by Gasteiger charge is 2.31. The van der Waals surface area contributed by atoms with Gasteiger partial charge in [0, 0.05) is 48.7 Å². The van der Waals surface area contributed by atoms with E-state index in [1.807, 2.05) is 0 Å². The van der Waals surface area contributed by atoms with Crippen LogP contribution in [0.2, 0.25) is 0 Å². The second-order valence-corrected chi connectivity index (χ2v) is 13.3. The van der Waals surface area contributed by atoms with Crippen molar-refractivity contribution < 1.29 is 14.3 Å². The fraction of sp³-hybridized carbons (Fsp3) is 0.390. The van der Waals surface area contributed by atoms with Gasteiger partial charge in [0.2, 0.25) is 0 Å². The highest BCUT2D eigenvalue weighted by molar-refractivity contribution is 6.09. The fourth-order valence-corrected chi connectivity index (χ4v) is 7.76. The lowest BCUT2D eigenvalue weighted by molar-refractivity contribution is -0.113. The average Bonchev–Trinajstić information content (AvgIpc) is 3.68. The SMILES string of the molecule is CC1C/C(=C/C2=C(N3CCOCC3)C(=C\c3ccccc3)/CC2)C(=O)/C(=C/C2=C(N3CCOCC3)C(=C\c3ccccc3)/CC2)C1. The van der Waals surface area contributed by atoms with E-state index >= 15 is 0 Å². The Morgan fingerprint density at radius 1 is 0.565 bits per heavy atom. The van der Waals surface area contributed by atoms with Crippen molar-refractivity contribution >= 4 is 17.9 Å². The number of nitrogens with zero attached hydrogens (tertiary/aromatic N) is 2. The average molecular weight is 615 g/mol. The molecule has 46 heavy (non-hydrogen) atoms. The molecule has 1 atom stereocenters. The Labute approximate surface area is 274 Å². The van der Waals surface area contributed by atoms with Crippen molar-refractivity contribution in [2.45, 2.75) is 45.4 Å². The van der Waals surface area contributed by atoms with Gasteiger partial charge in [0.05, 0.1) is 26.4 Å². The van der Waals surface area contributed by atoms with E-state index in [9.17, 15) is 4.79 Å². The van der Waals surface area contributed by atoms with Gasteiger partial charge in [-0.25, -0.2) is 0 Å². The summed E-state index contributed by atoms with van der Waals surface area (Å²) in [5.41, 5.74) is 12.4. The Balaban J connectivity index is 1.24. The molecule has 1 unspecified atom stereocenters. The second kappa shape index (κ2) is 14.2. The number of hydrogen-bond acceptors (Lipinski definition) is 5. The van der Waals surface area contributed by atoms with Crippen molar-refractivity contribution in [2.24, 2.45) is 5.92 Å². The number of Topliss-reactive ketones (excluding diaryl/α,β-unsaturated/α-hetero) is 1. The third kappa shape index (κ3) is 6.91. The Kier molecular flexibility index (Phi) is 9.50. The molecule has 0 bridgehead atoms. The van der Waals surface area contributed by atoms with Crippen LogP contribution < -0.4 is 0 Å². The van der Waals surface area contributed by atoms with Crippen molar-refractivity contribution in [3.05, 3.63) is 129 Å². The van der Waals surface area contributed by atoms with Gasteiger partial charge in [-0.2, -0.15) is 0 Å². The molecule has 5 nitrogen and oxygen atoms in total. The van der Waals surface area contributed by atoms with E-state index in [0.717, 1.165) is 102 Å². The lowest BCUT2D eigenvalue weighted by Crippen LogP contribution is -2.36. The van der Waals surface area contributed by atoms with Crippen LogP contribution in [-0.2, 0) is 14.3 Å². The summed E-state index contributed by atoms with van der Waals surface area (Å²) >= 11 is 0. The first kappa shape index (κ1) is 30.7. The normalized spacial score (nSPS) is 26.5. The van der Waals surface area contributed by atoms with Crippen LogP contribution in [0.4, 0.5) is 0 Å². The number of ether oxygens (including phenoxy) is 2. The first-order valence-electron chi connectivity index (χ1n) is 17.2. The largest absolute Gasteiger partial charge is 0.378 e. The number of ketones is 1. The molecule has 2 heterocycles. The van der Waals surface area contributed by atoms with E-state index in [1.165, 1.54) is 44.8 Å². The third-order valence-electron chi connectivity index (χ3n) is 9.90. The second-order valence-electron chi connectivity index (χ2n) is 13.3. The van der Waals surface area contributed by atoms with E-state index in [-0.39, 0.29) is 5.78 Å². The summed E-state index contributed by atoms with van der Waals surface area (Å²) in [6.45, 7) is 8.84. The van der Waals surface area contributed by atoms with Crippen LogP contribution in [-0.4, -0.2) is 68.2 Å². The predicted octanol–water partition coefficient (Wildman–Crippen LogP) is 7.77. The van der Waals surface area contributed by atoms with E-state index in [4.69, 9.17) is 9.47 Å². The molecule has 3 fully saturated rings. The van der Waals surface area contributed by atoms with Crippen molar-refractivity contribution in [2.75, 3.05) is 52.6 Å². The lowest BCUT2D eigenvalue weighted by Gasteiger charge is -2.32. The van der Waals surface area contributed by atoms with Crippen LogP contribution in [0.3, 0.4) is 0 Å².